The van der Waals surface area contributed by atoms with Crippen molar-refractivity contribution in [1.29, 1.82) is 0 Å². The van der Waals surface area contributed by atoms with Gasteiger partial charge in [-0.3, -0.25) is 4.79 Å². The quantitative estimate of drug-likeness (QED) is 0.804. The summed E-state index contributed by atoms with van der Waals surface area (Å²) in [6.45, 7) is 5.30. The van der Waals surface area contributed by atoms with Crippen LogP contribution >= 0.6 is 0 Å². The van der Waals surface area contributed by atoms with Gasteiger partial charge in [0.25, 0.3) is 0 Å². The highest BCUT2D eigenvalue weighted by Gasteiger charge is 2.44. The zero-order valence-electron chi connectivity index (χ0n) is 12.7. The predicted octanol–water partition coefficient (Wildman–Crippen LogP) is 1.85. The Kier molecular flexibility index (Phi) is 5.07. The van der Waals surface area contributed by atoms with Crippen LogP contribution in [0.25, 0.3) is 0 Å². The van der Waals surface area contributed by atoms with Crippen molar-refractivity contribution in [1.82, 2.24) is 5.32 Å². The molecular formula is C16H24N2O3. The molecule has 0 radical (unpaired) electrons. The molecule has 0 bridgehead atoms. The molecule has 1 aliphatic rings. The zero-order chi connectivity index (χ0) is 15.3. The van der Waals surface area contributed by atoms with E-state index in [1.165, 1.54) is 0 Å². The summed E-state index contributed by atoms with van der Waals surface area (Å²) < 4.78 is 11.4. The lowest BCUT2D eigenvalue weighted by Gasteiger charge is -2.26. The van der Waals surface area contributed by atoms with Crippen molar-refractivity contribution in [2.75, 3.05) is 13.2 Å². The first-order valence-corrected chi connectivity index (χ1v) is 7.54. The number of carbonyl (C=O) groups excluding carboxylic acids is 1. The largest absolute Gasteiger partial charge is 0.494 e. The van der Waals surface area contributed by atoms with Crippen LogP contribution in [0.5, 0.6) is 11.5 Å². The molecule has 0 aliphatic heterocycles. The lowest BCUT2D eigenvalue weighted by Crippen LogP contribution is -2.54. The van der Waals surface area contributed by atoms with E-state index in [1.54, 1.807) is 0 Å². The number of nitrogens with one attached hydrogen (secondary N) is 1. The Morgan fingerprint density at radius 2 is 2.00 bits per heavy atom. The minimum atomic E-state index is -0.620. The molecule has 1 saturated carbocycles. The van der Waals surface area contributed by atoms with Gasteiger partial charge < -0.3 is 20.5 Å². The molecule has 1 aromatic rings. The van der Waals surface area contributed by atoms with Crippen molar-refractivity contribution in [2.45, 2.75) is 44.8 Å². The van der Waals surface area contributed by atoms with Crippen molar-refractivity contribution in [3.05, 3.63) is 24.3 Å². The second kappa shape index (κ2) is 6.80. The van der Waals surface area contributed by atoms with E-state index in [4.69, 9.17) is 15.2 Å². The normalized spacial score (nSPS) is 24.8. The van der Waals surface area contributed by atoms with Crippen LogP contribution in [-0.2, 0) is 4.79 Å². The zero-order valence-corrected chi connectivity index (χ0v) is 12.7. The Bertz CT molecular complexity index is 475. The highest BCUT2D eigenvalue weighted by Crippen LogP contribution is 2.33. The molecule has 21 heavy (non-hydrogen) atoms. The number of carbonyl (C=O) groups is 1. The molecular weight excluding hydrogens is 268 g/mol. The van der Waals surface area contributed by atoms with Gasteiger partial charge in [0.05, 0.1) is 6.61 Å². The maximum absolute atomic E-state index is 11.7. The van der Waals surface area contributed by atoms with Crippen LogP contribution in [0.15, 0.2) is 24.3 Å². The van der Waals surface area contributed by atoms with E-state index in [-0.39, 0.29) is 12.0 Å². The number of ether oxygens (including phenoxy) is 2. The van der Waals surface area contributed by atoms with E-state index in [2.05, 4.69) is 5.32 Å². The molecule has 0 saturated heterocycles. The average Bonchev–Trinajstić information content (AvgIpc) is 2.86. The molecule has 116 valence electrons. The van der Waals surface area contributed by atoms with Crippen LogP contribution < -0.4 is 20.5 Å². The first kappa shape index (κ1) is 15.6. The highest BCUT2D eigenvalue weighted by molar-refractivity contribution is 5.85. The van der Waals surface area contributed by atoms with Gasteiger partial charge in [0.1, 0.15) is 23.1 Å². The van der Waals surface area contributed by atoms with Gasteiger partial charge in [0, 0.05) is 6.42 Å². The van der Waals surface area contributed by atoms with Crippen LogP contribution in [0.2, 0.25) is 0 Å². The van der Waals surface area contributed by atoms with Gasteiger partial charge >= 0.3 is 0 Å². The monoisotopic (exact) mass is 292 g/mol. The molecule has 2 atom stereocenters. The molecule has 1 aromatic carbocycles. The number of likely N-dealkylation sites (N-methyl/N-ethyl adjacent to an activating group) is 1. The molecule has 5 nitrogen and oxygen atoms in total. The molecule has 2 rings (SSSR count). The van der Waals surface area contributed by atoms with Crippen molar-refractivity contribution < 1.29 is 14.3 Å². The predicted molar refractivity (Wildman–Crippen MR) is 81.5 cm³/mol. The summed E-state index contributed by atoms with van der Waals surface area (Å²) in [7, 11) is 0. The molecule has 0 aromatic heterocycles. The maximum atomic E-state index is 11.7. The second-order valence-corrected chi connectivity index (χ2v) is 5.36. The highest BCUT2D eigenvalue weighted by atomic mass is 16.5. The van der Waals surface area contributed by atoms with Crippen molar-refractivity contribution in [3.8, 4) is 11.5 Å². The topological polar surface area (TPSA) is 73.6 Å². The summed E-state index contributed by atoms with van der Waals surface area (Å²) in [5, 5.41) is 3.22. The standard InChI is InChI=1S/C16H24N2O3/c1-3-18-16(15(17)19)10-9-14(11-16)21-13-7-5-12(6-8-13)20-4-2/h5-8,14,18H,3-4,9-11H2,1-2H3,(H2,17,19). The lowest BCUT2D eigenvalue weighted by molar-refractivity contribution is -0.124. The Hall–Kier alpha value is -1.75. The molecule has 1 aliphatic carbocycles. The van der Waals surface area contributed by atoms with Crippen molar-refractivity contribution in [3.63, 3.8) is 0 Å². The fourth-order valence-corrected chi connectivity index (χ4v) is 2.88. The van der Waals surface area contributed by atoms with Gasteiger partial charge in [-0.1, -0.05) is 6.92 Å². The number of hydrogen-bond acceptors (Lipinski definition) is 4. The smallest absolute Gasteiger partial charge is 0.237 e. The van der Waals surface area contributed by atoms with E-state index >= 15 is 0 Å². The molecule has 5 heteroatoms. The number of rotatable bonds is 7. The number of hydrogen-bond donors (Lipinski definition) is 2. The summed E-state index contributed by atoms with van der Waals surface area (Å²) in [4.78, 5) is 11.7. The summed E-state index contributed by atoms with van der Waals surface area (Å²) in [5.41, 5.74) is 4.93. The molecule has 0 spiro atoms. The van der Waals surface area contributed by atoms with Crippen LogP contribution in [0.3, 0.4) is 0 Å². The Morgan fingerprint density at radius 1 is 1.33 bits per heavy atom. The van der Waals surface area contributed by atoms with E-state index in [0.29, 0.717) is 13.0 Å². The van der Waals surface area contributed by atoms with Crippen LogP contribution in [0.4, 0.5) is 0 Å². The Labute approximate surface area is 125 Å². The first-order valence-electron chi connectivity index (χ1n) is 7.54. The molecule has 0 heterocycles. The van der Waals surface area contributed by atoms with Crippen molar-refractivity contribution in [2.24, 2.45) is 5.73 Å². The van der Waals surface area contributed by atoms with Crippen LogP contribution in [0.1, 0.15) is 33.1 Å². The number of primary amides is 1. The molecule has 1 amide bonds. The third-order valence-corrected chi connectivity index (χ3v) is 3.89. The lowest BCUT2D eigenvalue weighted by atomic mass is 9.96. The Morgan fingerprint density at radius 3 is 2.57 bits per heavy atom. The number of nitrogens with two attached hydrogens (primary N) is 1. The second-order valence-electron chi connectivity index (χ2n) is 5.36. The van der Waals surface area contributed by atoms with Gasteiger partial charge in [0.2, 0.25) is 5.91 Å². The minimum absolute atomic E-state index is 0.00879. The molecule has 3 N–H and O–H groups in total. The third kappa shape index (κ3) is 3.67. The van der Waals surface area contributed by atoms with Gasteiger partial charge in [-0.05, 0) is 50.6 Å². The van der Waals surface area contributed by atoms with E-state index in [9.17, 15) is 4.79 Å². The SMILES string of the molecule is CCNC1(C(N)=O)CCC(Oc2ccc(OCC)cc2)C1. The number of amides is 1. The summed E-state index contributed by atoms with van der Waals surface area (Å²) in [6.07, 6.45) is 2.17. The molecule has 1 fully saturated rings. The third-order valence-electron chi connectivity index (χ3n) is 3.89. The van der Waals surface area contributed by atoms with Gasteiger partial charge in [-0.15, -0.1) is 0 Å². The minimum Gasteiger partial charge on any atom is -0.494 e. The van der Waals surface area contributed by atoms with Crippen LogP contribution in [0, 0.1) is 0 Å². The van der Waals surface area contributed by atoms with E-state index in [0.717, 1.165) is 30.9 Å². The summed E-state index contributed by atoms with van der Waals surface area (Å²) in [5.74, 6) is 1.33. The molecule has 2 unspecified atom stereocenters. The summed E-state index contributed by atoms with van der Waals surface area (Å²) >= 11 is 0. The Balaban J connectivity index is 1.96. The fourth-order valence-electron chi connectivity index (χ4n) is 2.88. The summed E-state index contributed by atoms with van der Waals surface area (Å²) in [6, 6.07) is 7.56. The maximum Gasteiger partial charge on any atom is 0.237 e. The fraction of sp³-hybridized carbons (Fsp3) is 0.562. The van der Waals surface area contributed by atoms with Gasteiger partial charge in [-0.25, -0.2) is 0 Å². The first-order chi connectivity index (χ1) is 10.1. The van der Waals surface area contributed by atoms with E-state index < -0.39 is 5.54 Å². The van der Waals surface area contributed by atoms with Gasteiger partial charge in [-0.2, -0.15) is 0 Å². The van der Waals surface area contributed by atoms with Crippen LogP contribution in [-0.4, -0.2) is 30.7 Å². The van der Waals surface area contributed by atoms with Crippen molar-refractivity contribution >= 4 is 5.91 Å². The van der Waals surface area contributed by atoms with E-state index in [1.807, 2.05) is 38.1 Å². The average molecular weight is 292 g/mol. The van der Waals surface area contributed by atoms with Gasteiger partial charge in [0.15, 0.2) is 0 Å². The number of benzene rings is 1.